The summed E-state index contributed by atoms with van der Waals surface area (Å²) in [7, 11) is 0. The Hall–Kier alpha value is -0.920. The van der Waals surface area contributed by atoms with Crippen molar-refractivity contribution in [1.82, 2.24) is 9.88 Å². The molecule has 6 heteroatoms. The van der Waals surface area contributed by atoms with Gasteiger partial charge >= 0.3 is 6.09 Å². The van der Waals surface area contributed by atoms with E-state index in [0.29, 0.717) is 25.1 Å². The van der Waals surface area contributed by atoms with Gasteiger partial charge in [0.1, 0.15) is 5.60 Å². The van der Waals surface area contributed by atoms with Gasteiger partial charge < -0.3 is 9.64 Å². The van der Waals surface area contributed by atoms with Crippen LogP contribution in [0.1, 0.15) is 26.3 Å². The third-order valence-electron chi connectivity index (χ3n) is 3.05. The number of amides is 1. The van der Waals surface area contributed by atoms with Gasteiger partial charge in [-0.2, -0.15) is 4.39 Å². The Labute approximate surface area is 131 Å². The number of aromatic nitrogens is 1. The van der Waals surface area contributed by atoms with Crippen LogP contribution in [0.3, 0.4) is 0 Å². The molecule has 1 fully saturated rings. The van der Waals surface area contributed by atoms with Crippen molar-refractivity contribution in [1.29, 1.82) is 0 Å². The van der Waals surface area contributed by atoms with Crippen LogP contribution in [0.4, 0.5) is 9.18 Å². The van der Waals surface area contributed by atoms with E-state index in [1.54, 1.807) is 11.0 Å². The summed E-state index contributed by atoms with van der Waals surface area (Å²) in [6.45, 7) is 6.75. The fraction of sp³-hybridized carbons (Fsp3) is 0.571. The second kappa shape index (κ2) is 5.83. The highest BCUT2D eigenvalue weighted by Crippen LogP contribution is 2.25. The molecule has 1 aromatic heterocycles. The number of hydrogen-bond donors (Lipinski definition) is 0. The van der Waals surface area contributed by atoms with Gasteiger partial charge in [0.25, 0.3) is 0 Å². The molecule has 0 atom stereocenters. The van der Waals surface area contributed by atoms with Crippen LogP contribution in [0, 0.1) is 15.4 Å². The van der Waals surface area contributed by atoms with Crippen LogP contribution in [0.15, 0.2) is 12.3 Å². The molecule has 2 rings (SSSR count). The van der Waals surface area contributed by atoms with Crippen LogP contribution >= 0.6 is 22.6 Å². The van der Waals surface area contributed by atoms with Crippen molar-refractivity contribution in [3.05, 3.63) is 27.3 Å². The first kappa shape index (κ1) is 15.5. The zero-order chi connectivity index (χ0) is 14.9. The first-order valence-corrected chi connectivity index (χ1v) is 7.61. The van der Waals surface area contributed by atoms with E-state index in [2.05, 4.69) is 27.6 Å². The van der Waals surface area contributed by atoms with E-state index in [0.717, 1.165) is 3.57 Å². The van der Waals surface area contributed by atoms with E-state index >= 15 is 0 Å². The largest absolute Gasteiger partial charge is 0.444 e. The van der Waals surface area contributed by atoms with Crippen LogP contribution in [0.2, 0.25) is 0 Å². The van der Waals surface area contributed by atoms with Gasteiger partial charge in [0, 0.05) is 28.4 Å². The van der Waals surface area contributed by atoms with Crippen molar-refractivity contribution in [2.45, 2.75) is 32.8 Å². The lowest BCUT2D eigenvalue weighted by atomic mass is 9.93. The molecular formula is C14H18FIN2O2. The van der Waals surface area contributed by atoms with Crippen LogP contribution < -0.4 is 0 Å². The number of rotatable bonds is 2. The first-order valence-electron chi connectivity index (χ1n) is 6.53. The normalized spacial score (nSPS) is 15.9. The van der Waals surface area contributed by atoms with Crippen LogP contribution in [0.25, 0.3) is 0 Å². The Balaban J connectivity index is 1.87. The number of ether oxygens (including phenoxy) is 1. The molecular weight excluding hydrogens is 374 g/mol. The molecule has 1 aromatic rings. The van der Waals surface area contributed by atoms with E-state index < -0.39 is 11.5 Å². The van der Waals surface area contributed by atoms with Crippen LogP contribution in [-0.2, 0) is 11.2 Å². The summed E-state index contributed by atoms with van der Waals surface area (Å²) in [4.78, 5) is 17.1. The van der Waals surface area contributed by atoms with Gasteiger partial charge in [0.15, 0.2) is 0 Å². The monoisotopic (exact) mass is 392 g/mol. The lowest BCUT2D eigenvalue weighted by Crippen LogP contribution is -2.52. The molecule has 0 spiro atoms. The minimum Gasteiger partial charge on any atom is -0.444 e. The quantitative estimate of drug-likeness (QED) is 0.574. The van der Waals surface area contributed by atoms with Gasteiger partial charge in [0.2, 0.25) is 5.95 Å². The van der Waals surface area contributed by atoms with Crippen molar-refractivity contribution in [2.75, 3.05) is 13.1 Å². The number of halogens is 2. The van der Waals surface area contributed by atoms with Gasteiger partial charge in [-0.3, -0.25) is 0 Å². The van der Waals surface area contributed by atoms with E-state index in [1.807, 2.05) is 20.8 Å². The molecule has 1 aliphatic heterocycles. The fourth-order valence-corrected chi connectivity index (χ4v) is 2.69. The summed E-state index contributed by atoms with van der Waals surface area (Å²) < 4.78 is 19.8. The third-order valence-corrected chi connectivity index (χ3v) is 4.06. The Morgan fingerprint density at radius 1 is 1.55 bits per heavy atom. The lowest BCUT2D eigenvalue weighted by molar-refractivity contribution is -0.00100. The number of carbonyl (C=O) groups is 1. The zero-order valence-electron chi connectivity index (χ0n) is 11.8. The van der Waals surface area contributed by atoms with Gasteiger partial charge in [0.05, 0.1) is 0 Å². The number of likely N-dealkylation sites (tertiary alicyclic amines) is 1. The average molecular weight is 392 g/mol. The fourth-order valence-electron chi connectivity index (χ4n) is 2.09. The number of carbonyl (C=O) groups excluding carboxylic acids is 1. The molecule has 0 N–H and O–H groups in total. The van der Waals surface area contributed by atoms with Gasteiger partial charge in [-0.25, -0.2) is 9.78 Å². The average Bonchev–Trinajstić information content (AvgIpc) is 2.23. The van der Waals surface area contributed by atoms with Crippen LogP contribution in [-0.4, -0.2) is 34.7 Å². The Morgan fingerprint density at radius 3 is 2.75 bits per heavy atom. The molecule has 20 heavy (non-hydrogen) atoms. The molecule has 1 saturated heterocycles. The summed E-state index contributed by atoms with van der Waals surface area (Å²) >= 11 is 2.11. The molecule has 1 amide bonds. The Bertz CT molecular complexity index is 490. The Morgan fingerprint density at radius 2 is 2.20 bits per heavy atom. The predicted molar refractivity (Wildman–Crippen MR) is 81.9 cm³/mol. The number of hydrogen-bond acceptors (Lipinski definition) is 3. The molecule has 0 unspecified atom stereocenters. The summed E-state index contributed by atoms with van der Waals surface area (Å²) in [6.07, 6.45) is 1.78. The topological polar surface area (TPSA) is 42.4 Å². The second-order valence-corrected chi connectivity index (χ2v) is 7.18. The highest BCUT2D eigenvalue weighted by Gasteiger charge is 2.34. The molecule has 0 aliphatic carbocycles. The molecule has 0 radical (unpaired) electrons. The van der Waals surface area contributed by atoms with Crippen molar-refractivity contribution in [3.8, 4) is 0 Å². The summed E-state index contributed by atoms with van der Waals surface area (Å²) in [6, 6.07) is 1.79. The molecule has 2 heterocycles. The number of pyridine rings is 1. The highest BCUT2D eigenvalue weighted by atomic mass is 127. The maximum absolute atomic E-state index is 13.6. The minimum absolute atomic E-state index is 0.273. The summed E-state index contributed by atoms with van der Waals surface area (Å²) in [5.74, 6) is -0.137. The van der Waals surface area contributed by atoms with Gasteiger partial charge in [-0.1, -0.05) is 0 Å². The second-order valence-electron chi connectivity index (χ2n) is 6.02. The maximum Gasteiger partial charge on any atom is 0.410 e. The molecule has 1 aliphatic rings. The van der Waals surface area contributed by atoms with E-state index in [-0.39, 0.29) is 12.0 Å². The highest BCUT2D eigenvalue weighted by molar-refractivity contribution is 14.1. The van der Waals surface area contributed by atoms with Crippen molar-refractivity contribution >= 4 is 28.7 Å². The molecule has 4 nitrogen and oxygen atoms in total. The summed E-state index contributed by atoms with van der Waals surface area (Å²) in [5, 5.41) is 0. The lowest BCUT2D eigenvalue weighted by Gasteiger charge is -2.40. The maximum atomic E-state index is 13.6. The van der Waals surface area contributed by atoms with Crippen molar-refractivity contribution < 1.29 is 13.9 Å². The third kappa shape index (κ3) is 3.80. The first-order chi connectivity index (χ1) is 9.26. The van der Waals surface area contributed by atoms with Crippen molar-refractivity contribution in [2.24, 2.45) is 5.92 Å². The molecule has 110 valence electrons. The van der Waals surface area contributed by atoms with Gasteiger partial charge in [-0.05, 0) is 61.8 Å². The number of nitrogens with zero attached hydrogens (tertiary/aromatic N) is 2. The molecule has 0 aromatic carbocycles. The standard InChI is InChI=1S/C14H18FIN2O2/c1-14(2,3)20-13(19)18-7-9(8-18)6-10-11(16)4-5-17-12(10)15/h4-5,9H,6-8H2,1-3H3. The Kier molecular flexibility index (Phi) is 4.51. The smallest absolute Gasteiger partial charge is 0.410 e. The SMILES string of the molecule is CC(C)(C)OC(=O)N1CC(Cc2c(I)ccnc2F)C1. The van der Waals surface area contributed by atoms with E-state index in [9.17, 15) is 9.18 Å². The van der Waals surface area contributed by atoms with Crippen molar-refractivity contribution in [3.63, 3.8) is 0 Å². The van der Waals surface area contributed by atoms with Crippen LogP contribution in [0.5, 0.6) is 0 Å². The van der Waals surface area contributed by atoms with Gasteiger partial charge in [-0.15, -0.1) is 0 Å². The molecule has 0 bridgehead atoms. The molecule has 0 saturated carbocycles. The summed E-state index contributed by atoms with van der Waals surface area (Å²) in [5.41, 5.74) is 0.162. The minimum atomic E-state index is -0.479. The predicted octanol–water partition coefficient (Wildman–Crippen LogP) is 3.23. The van der Waals surface area contributed by atoms with E-state index in [4.69, 9.17) is 4.74 Å². The zero-order valence-corrected chi connectivity index (χ0v) is 14.0. The van der Waals surface area contributed by atoms with E-state index in [1.165, 1.54) is 6.20 Å².